The molecule has 0 amide bonds. The summed E-state index contributed by atoms with van der Waals surface area (Å²) in [6.45, 7) is 6.22. The summed E-state index contributed by atoms with van der Waals surface area (Å²) in [6.07, 6.45) is 3.73. The van der Waals surface area contributed by atoms with Crippen LogP contribution in [0.2, 0.25) is 0 Å². The first-order valence-corrected chi connectivity index (χ1v) is 7.44. The van der Waals surface area contributed by atoms with E-state index in [0.29, 0.717) is 18.9 Å². The molecule has 0 bridgehead atoms. The lowest BCUT2D eigenvalue weighted by Gasteiger charge is -1.95. The van der Waals surface area contributed by atoms with E-state index in [-0.39, 0.29) is 32.4 Å². The van der Waals surface area contributed by atoms with Gasteiger partial charge in [0.2, 0.25) is 0 Å². The fourth-order valence-corrected chi connectivity index (χ4v) is 1.05. The summed E-state index contributed by atoms with van der Waals surface area (Å²) in [5, 5.41) is 11.4. The van der Waals surface area contributed by atoms with E-state index in [2.05, 4.69) is 41.8 Å². The van der Waals surface area contributed by atoms with Gasteiger partial charge in [-0.2, -0.15) is 5.10 Å². The number of ether oxygens (including phenoxy) is 3. The first kappa shape index (κ1) is 32.5. The molecule has 1 heterocycles. The molecule has 0 saturated heterocycles. The molecule has 0 atom stereocenters. The van der Waals surface area contributed by atoms with Gasteiger partial charge in [0.05, 0.1) is 26.1 Å². The van der Waals surface area contributed by atoms with Crippen molar-refractivity contribution in [1.29, 1.82) is 0 Å². The molecular weight excluding hydrogens is 396 g/mol. The Morgan fingerprint density at radius 2 is 1.68 bits per heavy atom. The fraction of sp³-hybridized carbons (Fsp3) is 0.467. The van der Waals surface area contributed by atoms with Crippen molar-refractivity contribution in [2.45, 2.75) is 28.2 Å². The predicted molar refractivity (Wildman–Crippen MR) is 104 cm³/mol. The number of H-pyrrole nitrogens is 1. The first-order valence-electron chi connectivity index (χ1n) is 7.44. The third-order valence-corrected chi connectivity index (χ3v) is 2.02. The number of nitrogens with one attached hydrogen (secondary N) is 1. The van der Waals surface area contributed by atoms with E-state index >= 15 is 0 Å². The summed E-state index contributed by atoms with van der Waals surface area (Å²) in [5.74, 6) is 6.80. The number of ketones is 1. The van der Waals surface area contributed by atoms with Gasteiger partial charge in [0, 0.05) is 12.3 Å². The second-order valence-corrected chi connectivity index (χ2v) is 3.76. The van der Waals surface area contributed by atoms with Gasteiger partial charge in [0.1, 0.15) is 5.69 Å². The normalized spacial score (nSPS) is 8.82. The highest BCUT2D eigenvalue weighted by atomic mass is 35.5. The highest BCUT2D eigenvalue weighted by Gasteiger charge is 2.09. The average Bonchev–Trinajstić information content (AvgIpc) is 3.18. The van der Waals surface area contributed by atoms with Crippen molar-refractivity contribution in [2.75, 3.05) is 19.8 Å². The topological polar surface area (TPSA) is 184 Å². The van der Waals surface area contributed by atoms with Crippen LogP contribution in [0.5, 0.6) is 0 Å². The summed E-state index contributed by atoms with van der Waals surface area (Å²) in [7, 11) is 0. The van der Waals surface area contributed by atoms with Crippen LogP contribution in [0, 0.1) is 0 Å². The van der Waals surface area contributed by atoms with Gasteiger partial charge in [-0.15, -0.1) is 12.4 Å². The predicted octanol–water partition coefficient (Wildman–Crippen LogP) is 1.50. The van der Waals surface area contributed by atoms with Crippen molar-refractivity contribution in [3.05, 3.63) is 30.3 Å². The zero-order valence-corrected chi connectivity index (χ0v) is 16.1. The van der Waals surface area contributed by atoms with Crippen molar-refractivity contribution in [3.8, 4) is 0 Å². The van der Waals surface area contributed by atoms with Crippen LogP contribution in [0.1, 0.15) is 38.7 Å². The standard InChI is InChI=1S/C8H12O4.C6H8N2O2.CH4.ClH.H4N4/c1-3-11-6-5-7(9)8(10)12-4-2;1-2-10-6(9)5-3-4-7-8-5;;;1-3-4-2/h5-6H,3-4H2,1-2H3;3-4H,2H2,1H3,(H,7,8);1H4;1H;(H2,1,4)(H2,2,3)/b6-5+;;;;. The molecule has 1 rings (SSSR count). The summed E-state index contributed by atoms with van der Waals surface area (Å²) < 4.78 is 13.8. The average molecular weight is 425 g/mol. The molecule has 0 spiro atoms. The van der Waals surface area contributed by atoms with E-state index in [1.165, 1.54) is 12.5 Å². The van der Waals surface area contributed by atoms with Crippen molar-refractivity contribution in [3.63, 3.8) is 0 Å². The number of halogens is 1. The lowest BCUT2D eigenvalue weighted by Crippen LogP contribution is -2.14. The second kappa shape index (κ2) is 23.8. The summed E-state index contributed by atoms with van der Waals surface area (Å²) in [6, 6.07) is 1.57. The number of hydrogen-bond donors (Lipinski definition) is 3. The van der Waals surface area contributed by atoms with E-state index in [9.17, 15) is 14.4 Å². The molecule has 0 unspecified atom stereocenters. The van der Waals surface area contributed by atoms with Crippen molar-refractivity contribution < 1.29 is 28.6 Å². The maximum atomic E-state index is 10.8. The molecule has 0 aliphatic carbocycles. The van der Waals surface area contributed by atoms with E-state index in [1.807, 2.05) is 0 Å². The van der Waals surface area contributed by atoms with Crippen molar-refractivity contribution >= 4 is 30.1 Å². The number of aromatic amines is 1. The molecule has 0 radical (unpaired) electrons. The van der Waals surface area contributed by atoms with Gasteiger partial charge in [-0.1, -0.05) is 17.9 Å². The number of carbonyl (C=O) groups excluding carboxylic acids is 3. The highest BCUT2D eigenvalue weighted by Crippen LogP contribution is 1.93. The van der Waals surface area contributed by atoms with E-state index < -0.39 is 11.8 Å². The molecule has 0 saturated carbocycles. The van der Waals surface area contributed by atoms with Crippen molar-refractivity contribution in [1.82, 2.24) is 10.2 Å². The number of nitrogens with two attached hydrogens (primary N) is 2. The Kier molecular flexibility index (Phi) is 27.7. The smallest absolute Gasteiger partial charge is 0.379 e. The Balaban J connectivity index is -0.000000164. The third-order valence-electron chi connectivity index (χ3n) is 2.02. The van der Waals surface area contributed by atoms with Crippen LogP contribution in [-0.2, 0) is 23.8 Å². The molecule has 12 nitrogen and oxygen atoms in total. The third kappa shape index (κ3) is 19.2. The molecule has 162 valence electrons. The molecule has 0 aromatic carbocycles. The van der Waals surface area contributed by atoms with Crippen LogP contribution in [0.25, 0.3) is 0 Å². The van der Waals surface area contributed by atoms with Gasteiger partial charge in [-0.3, -0.25) is 9.89 Å². The number of hydrogen-bond acceptors (Lipinski definition) is 9. The lowest BCUT2D eigenvalue weighted by atomic mass is 10.4. The minimum Gasteiger partial charge on any atom is -0.501 e. The van der Waals surface area contributed by atoms with Gasteiger partial charge in [-0.05, 0) is 26.8 Å². The number of nitrogens with zero attached hydrogens (tertiary/aromatic N) is 3. The fourth-order valence-electron chi connectivity index (χ4n) is 1.05. The Bertz CT molecular complexity index is 561. The van der Waals surface area contributed by atoms with E-state index in [1.54, 1.807) is 26.8 Å². The lowest BCUT2D eigenvalue weighted by molar-refractivity contribution is -0.151. The Morgan fingerprint density at radius 3 is 2.07 bits per heavy atom. The van der Waals surface area contributed by atoms with Gasteiger partial charge < -0.3 is 25.9 Å². The largest absolute Gasteiger partial charge is 0.501 e. The molecule has 0 fully saturated rings. The molecule has 0 aliphatic heterocycles. The number of carbonyl (C=O) groups is 3. The van der Waals surface area contributed by atoms with E-state index in [4.69, 9.17) is 4.74 Å². The number of esters is 2. The molecule has 13 heteroatoms. The molecular formula is C15H29ClN6O6. The number of rotatable bonds is 7. The Morgan fingerprint density at radius 1 is 1.11 bits per heavy atom. The molecule has 1 aromatic rings. The number of aromatic nitrogens is 2. The minimum absolute atomic E-state index is 0. The minimum atomic E-state index is -0.853. The van der Waals surface area contributed by atoms with Crippen LogP contribution in [0.4, 0.5) is 0 Å². The van der Waals surface area contributed by atoms with E-state index in [0.717, 1.165) is 6.08 Å². The maximum Gasteiger partial charge on any atom is 0.379 e. The maximum absolute atomic E-state index is 10.8. The zero-order valence-electron chi connectivity index (χ0n) is 15.3. The van der Waals surface area contributed by atoms with Crippen molar-refractivity contribution in [2.24, 2.45) is 22.1 Å². The summed E-state index contributed by atoms with van der Waals surface area (Å²) in [4.78, 5) is 32.2. The van der Waals surface area contributed by atoms with Crippen LogP contribution >= 0.6 is 12.4 Å². The van der Waals surface area contributed by atoms with Crippen LogP contribution in [0.3, 0.4) is 0 Å². The van der Waals surface area contributed by atoms with Gasteiger partial charge in [0.25, 0.3) is 5.78 Å². The highest BCUT2D eigenvalue weighted by molar-refractivity contribution is 6.38. The molecule has 1 aromatic heterocycles. The van der Waals surface area contributed by atoms with Crippen LogP contribution in [0.15, 0.2) is 35.0 Å². The molecule has 5 N–H and O–H groups in total. The molecule has 0 aliphatic rings. The second-order valence-electron chi connectivity index (χ2n) is 3.76. The summed E-state index contributed by atoms with van der Waals surface area (Å²) >= 11 is 0. The van der Waals surface area contributed by atoms with Crippen LogP contribution in [-0.4, -0.2) is 47.7 Å². The SMILES string of the molecule is C.CCO/C=C/C(=O)C(=O)OCC.CCOC(=O)c1ccn[nH]1.Cl.N/N=N/N. The Hall–Kier alpha value is -3.15. The van der Waals surface area contributed by atoms with Gasteiger partial charge >= 0.3 is 11.9 Å². The summed E-state index contributed by atoms with van der Waals surface area (Å²) in [5.41, 5.74) is 0.391. The molecule has 28 heavy (non-hydrogen) atoms. The van der Waals surface area contributed by atoms with Gasteiger partial charge in [0.15, 0.2) is 0 Å². The zero-order chi connectivity index (χ0) is 20.2. The quantitative estimate of drug-likeness (QED) is 0.111. The Labute approximate surface area is 170 Å². The monoisotopic (exact) mass is 424 g/mol. The van der Waals surface area contributed by atoms with Gasteiger partial charge in [-0.25, -0.2) is 9.59 Å². The first-order chi connectivity index (χ1) is 12.5. The van der Waals surface area contributed by atoms with Crippen LogP contribution < -0.4 is 11.7 Å².